The number of rotatable bonds is 4. The van der Waals surface area contributed by atoms with Crippen molar-refractivity contribution >= 4 is 68.6 Å². The van der Waals surface area contributed by atoms with E-state index in [1.54, 1.807) is 36.5 Å². The average molecular weight is 311 g/mol. The third-order valence-corrected chi connectivity index (χ3v) is 6.32. The smallest absolute Gasteiger partial charge is 0.186 e. The SMILES string of the molecule is CC(=O)SCc1sc(=S)sc1CSC(C)=O. The first-order valence-corrected chi connectivity index (χ1v) is 8.38. The summed E-state index contributed by atoms with van der Waals surface area (Å²) < 4.78 is 0.860. The Hall–Kier alpha value is 0.310. The minimum Gasteiger partial charge on any atom is -0.288 e. The van der Waals surface area contributed by atoms with Gasteiger partial charge in [-0.1, -0.05) is 35.7 Å². The van der Waals surface area contributed by atoms with E-state index in [1.807, 2.05) is 0 Å². The molecule has 0 bridgehead atoms. The van der Waals surface area contributed by atoms with Gasteiger partial charge in [0.1, 0.15) is 3.14 Å². The van der Waals surface area contributed by atoms with Crippen LogP contribution in [0.2, 0.25) is 0 Å². The van der Waals surface area contributed by atoms with E-state index in [1.165, 1.54) is 23.5 Å². The predicted molar refractivity (Wildman–Crippen MR) is 77.0 cm³/mol. The fraction of sp³-hybridized carbons (Fsp3) is 0.444. The van der Waals surface area contributed by atoms with Crippen molar-refractivity contribution in [3.05, 3.63) is 12.9 Å². The molecule has 0 aromatic carbocycles. The highest BCUT2D eigenvalue weighted by atomic mass is 32.2. The van der Waals surface area contributed by atoms with Crippen LogP contribution in [0.4, 0.5) is 0 Å². The molecule has 0 aliphatic rings. The number of hydrogen-bond acceptors (Lipinski definition) is 7. The molecule has 0 atom stereocenters. The van der Waals surface area contributed by atoms with Gasteiger partial charge in [-0.05, 0) is 0 Å². The van der Waals surface area contributed by atoms with Gasteiger partial charge in [-0.3, -0.25) is 9.59 Å². The van der Waals surface area contributed by atoms with Crippen LogP contribution in [0.5, 0.6) is 0 Å². The van der Waals surface area contributed by atoms with Crippen LogP contribution >= 0.6 is 58.4 Å². The van der Waals surface area contributed by atoms with Crippen LogP contribution in [0.25, 0.3) is 0 Å². The number of carbonyl (C=O) groups excluding carboxylic acids is 2. The average Bonchev–Trinajstić information content (AvgIpc) is 2.52. The van der Waals surface area contributed by atoms with Crippen molar-refractivity contribution in [1.29, 1.82) is 0 Å². The summed E-state index contributed by atoms with van der Waals surface area (Å²) in [5.41, 5.74) is 0. The topological polar surface area (TPSA) is 34.1 Å². The normalized spacial score (nSPS) is 10.4. The van der Waals surface area contributed by atoms with E-state index in [4.69, 9.17) is 12.2 Å². The van der Waals surface area contributed by atoms with E-state index in [9.17, 15) is 9.59 Å². The van der Waals surface area contributed by atoms with Crippen molar-refractivity contribution in [2.24, 2.45) is 0 Å². The van der Waals surface area contributed by atoms with Gasteiger partial charge in [-0.15, -0.1) is 22.7 Å². The molecule has 0 radical (unpaired) electrons. The van der Waals surface area contributed by atoms with Crippen molar-refractivity contribution in [1.82, 2.24) is 0 Å². The Morgan fingerprint density at radius 1 is 1.06 bits per heavy atom. The molecule has 0 N–H and O–H groups in total. The Bertz CT molecular complexity index is 406. The van der Waals surface area contributed by atoms with Gasteiger partial charge in [0.05, 0.1) is 0 Å². The molecule has 0 unspecified atom stereocenters. The Balaban J connectivity index is 2.70. The summed E-state index contributed by atoms with van der Waals surface area (Å²) in [5, 5.41) is 0.212. The number of thioether (sulfide) groups is 2. The van der Waals surface area contributed by atoms with Crippen LogP contribution in [-0.2, 0) is 21.1 Å². The molecular weight excluding hydrogens is 300 g/mol. The zero-order chi connectivity index (χ0) is 12.1. The van der Waals surface area contributed by atoms with Crippen molar-refractivity contribution in [3.63, 3.8) is 0 Å². The van der Waals surface area contributed by atoms with Crippen LogP contribution in [0.1, 0.15) is 23.6 Å². The van der Waals surface area contributed by atoms with Gasteiger partial charge >= 0.3 is 0 Å². The summed E-state index contributed by atoms with van der Waals surface area (Å²) in [6.07, 6.45) is 0. The molecule has 7 heteroatoms. The van der Waals surface area contributed by atoms with Crippen LogP contribution in [0, 0.1) is 3.14 Å². The molecule has 1 rings (SSSR count). The molecule has 1 heterocycles. The first-order chi connectivity index (χ1) is 7.49. The van der Waals surface area contributed by atoms with Gasteiger partial charge in [-0.2, -0.15) is 0 Å². The largest absolute Gasteiger partial charge is 0.288 e. The second kappa shape index (κ2) is 6.90. The number of hydrogen-bond donors (Lipinski definition) is 0. The molecule has 0 fully saturated rings. The summed E-state index contributed by atoms with van der Waals surface area (Å²) in [6, 6.07) is 0. The second-order valence-electron chi connectivity index (χ2n) is 2.86. The van der Waals surface area contributed by atoms with Crippen molar-refractivity contribution in [2.75, 3.05) is 0 Å². The minimum atomic E-state index is 0.106. The van der Waals surface area contributed by atoms with Gasteiger partial charge in [0.25, 0.3) is 0 Å². The first kappa shape index (κ1) is 14.4. The van der Waals surface area contributed by atoms with Crippen LogP contribution in [0.3, 0.4) is 0 Å². The lowest BCUT2D eigenvalue weighted by molar-refractivity contribution is -0.109. The fourth-order valence-corrected chi connectivity index (χ4v) is 5.31. The van der Waals surface area contributed by atoms with Crippen LogP contribution in [0.15, 0.2) is 0 Å². The Labute approximate surface area is 116 Å². The molecule has 88 valence electrons. The predicted octanol–water partition coefficient (Wildman–Crippen LogP) is 4.10. The van der Waals surface area contributed by atoms with Crippen LogP contribution < -0.4 is 0 Å². The van der Waals surface area contributed by atoms with Crippen LogP contribution in [-0.4, -0.2) is 10.2 Å². The Morgan fingerprint density at radius 3 is 1.75 bits per heavy atom. The summed E-state index contributed by atoms with van der Waals surface area (Å²) in [4.78, 5) is 24.0. The lowest BCUT2D eigenvalue weighted by atomic mass is 10.5. The fourth-order valence-electron chi connectivity index (χ4n) is 0.890. The zero-order valence-corrected chi connectivity index (χ0v) is 12.9. The lowest BCUT2D eigenvalue weighted by Gasteiger charge is -1.99. The minimum absolute atomic E-state index is 0.106. The molecule has 1 aromatic heterocycles. The third-order valence-electron chi connectivity index (χ3n) is 1.54. The summed E-state index contributed by atoms with van der Waals surface area (Å²) in [7, 11) is 0. The monoisotopic (exact) mass is 310 g/mol. The molecule has 0 amide bonds. The van der Waals surface area contributed by atoms with E-state index in [0.29, 0.717) is 11.5 Å². The maximum Gasteiger partial charge on any atom is 0.186 e. The Morgan fingerprint density at radius 2 is 1.44 bits per heavy atom. The maximum absolute atomic E-state index is 10.9. The zero-order valence-electron chi connectivity index (χ0n) is 8.77. The molecular formula is C9H10O2S5. The van der Waals surface area contributed by atoms with Crippen molar-refractivity contribution in [2.45, 2.75) is 25.4 Å². The van der Waals surface area contributed by atoms with E-state index < -0.39 is 0 Å². The van der Waals surface area contributed by atoms with E-state index in [2.05, 4.69) is 0 Å². The highest BCUT2D eigenvalue weighted by molar-refractivity contribution is 8.13. The van der Waals surface area contributed by atoms with Crippen molar-refractivity contribution in [3.8, 4) is 0 Å². The van der Waals surface area contributed by atoms with Gasteiger partial charge < -0.3 is 0 Å². The molecule has 0 spiro atoms. The maximum atomic E-state index is 10.9. The van der Waals surface area contributed by atoms with E-state index in [-0.39, 0.29) is 10.2 Å². The first-order valence-electron chi connectivity index (χ1n) is 4.37. The summed E-state index contributed by atoms with van der Waals surface area (Å²) in [5.74, 6) is 1.34. The third kappa shape index (κ3) is 5.09. The van der Waals surface area contributed by atoms with Gasteiger partial charge in [0, 0.05) is 35.1 Å². The van der Waals surface area contributed by atoms with E-state index >= 15 is 0 Å². The van der Waals surface area contributed by atoms with Crippen molar-refractivity contribution < 1.29 is 9.59 Å². The van der Waals surface area contributed by atoms with Gasteiger partial charge in [-0.25, -0.2) is 0 Å². The van der Waals surface area contributed by atoms with E-state index in [0.717, 1.165) is 12.9 Å². The quantitative estimate of drug-likeness (QED) is 0.782. The summed E-state index contributed by atoms with van der Waals surface area (Å²) in [6.45, 7) is 3.11. The molecule has 0 saturated heterocycles. The lowest BCUT2D eigenvalue weighted by Crippen LogP contribution is -1.88. The second-order valence-corrected chi connectivity index (χ2v) is 8.56. The van der Waals surface area contributed by atoms with Gasteiger partial charge in [0.2, 0.25) is 0 Å². The molecule has 2 nitrogen and oxygen atoms in total. The summed E-state index contributed by atoms with van der Waals surface area (Å²) >= 11 is 10.8. The Kier molecular flexibility index (Phi) is 6.20. The molecule has 1 aromatic rings. The highest BCUT2D eigenvalue weighted by Crippen LogP contribution is 2.31. The molecule has 0 saturated carbocycles. The number of carbonyl (C=O) groups is 2. The standard InChI is InChI=1S/C9H10O2S5/c1-5(10)13-3-7-8(4-14-6(2)11)16-9(12)15-7/h3-4H2,1-2H3. The molecule has 0 aliphatic heterocycles. The van der Waals surface area contributed by atoms with Gasteiger partial charge in [0.15, 0.2) is 10.2 Å². The molecule has 16 heavy (non-hydrogen) atoms. The highest BCUT2D eigenvalue weighted by Gasteiger charge is 2.09. The molecule has 0 aliphatic carbocycles.